The van der Waals surface area contributed by atoms with Gasteiger partial charge in [0.15, 0.2) is 0 Å². The number of rotatable bonds is 10. The molecule has 52 heavy (non-hydrogen) atoms. The van der Waals surface area contributed by atoms with Crippen LogP contribution in [0.5, 0.6) is 23.0 Å². The predicted molar refractivity (Wildman–Crippen MR) is 167 cm³/mol. The van der Waals surface area contributed by atoms with Gasteiger partial charge in [0.2, 0.25) is 0 Å². The zero-order valence-electron chi connectivity index (χ0n) is 26.1. The van der Waals surface area contributed by atoms with Gasteiger partial charge in [-0.2, -0.15) is 43.9 Å². The van der Waals surface area contributed by atoms with Crippen LogP contribution in [0.2, 0.25) is 0 Å². The maximum absolute atomic E-state index is 16.2. The maximum atomic E-state index is 16.2. The van der Waals surface area contributed by atoms with Crippen LogP contribution in [0.15, 0.2) is 121 Å². The Balaban J connectivity index is 1.53. The Kier molecular flexibility index (Phi) is 9.58. The van der Waals surface area contributed by atoms with E-state index >= 15 is 26.3 Å². The van der Waals surface area contributed by atoms with E-state index in [4.69, 9.17) is 20.9 Å². The normalized spacial score (nSPS) is 15.0. The molecule has 4 nitrogen and oxygen atoms in total. The number of hydrogen-bond acceptors (Lipinski definition) is 4. The summed E-state index contributed by atoms with van der Waals surface area (Å²) in [6.45, 7) is 0. The molecule has 0 saturated heterocycles. The molecule has 274 valence electrons. The lowest BCUT2D eigenvalue weighted by molar-refractivity contribution is -0.316. The highest BCUT2D eigenvalue weighted by Crippen LogP contribution is 2.60. The molecule has 0 saturated carbocycles. The number of benzene rings is 5. The number of alkyl halides is 12. The van der Waals surface area contributed by atoms with Crippen molar-refractivity contribution in [2.45, 2.75) is 35.5 Å². The summed E-state index contributed by atoms with van der Waals surface area (Å²) in [6, 6.07) is 15.1. The smallest absolute Gasteiger partial charge is 0.433 e. The minimum Gasteiger partial charge on any atom is -0.457 e. The molecule has 0 aliphatic rings. The topological polar surface area (TPSA) is 70.5 Å². The number of ether oxygens (including phenoxy) is 2. The van der Waals surface area contributed by atoms with Crippen molar-refractivity contribution in [2.24, 2.45) is 0 Å². The van der Waals surface area contributed by atoms with Gasteiger partial charge in [-0.3, -0.25) is 0 Å². The molecule has 0 amide bonds. The maximum Gasteiger partial charge on any atom is 0.433 e. The van der Waals surface area contributed by atoms with Crippen molar-refractivity contribution in [1.29, 1.82) is 0 Å². The fourth-order valence-electron chi connectivity index (χ4n) is 5.20. The van der Waals surface area contributed by atoms with Gasteiger partial charge >= 0.3 is 24.2 Å². The SMILES string of the molecule is Nc1ccc(Oc2ccc(C(F)(F)C(F)(c3cccc(C(F)(C(F)(F)F)C(F)(F)c4ccc(Oc5ccc(N)cc5)cc4)c3)C(F)(F)F)cc2)cc1. The molecular formula is C36H24F12N2O2. The molecule has 5 aromatic carbocycles. The lowest BCUT2D eigenvalue weighted by Crippen LogP contribution is -2.52. The van der Waals surface area contributed by atoms with Crippen LogP contribution in [0.3, 0.4) is 0 Å². The monoisotopic (exact) mass is 744 g/mol. The third-order valence-corrected chi connectivity index (χ3v) is 7.97. The number of nitrogen functional groups attached to an aromatic ring is 2. The van der Waals surface area contributed by atoms with Gasteiger partial charge in [0.05, 0.1) is 0 Å². The first-order chi connectivity index (χ1) is 24.1. The summed E-state index contributed by atoms with van der Waals surface area (Å²) >= 11 is 0. The molecule has 4 N–H and O–H groups in total. The highest BCUT2D eigenvalue weighted by atomic mass is 19.4. The quantitative estimate of drug-likeness (QED) is 0.110. The van der Waals surface area contributed by atoms with E-state index in [0.29, 0.717) is 35.6 Å². The Hall–Kier alpha value is -5.54. The second-order valence-corrected chi connectivity index (χ2v) is 11.4. The third kappa shape index (κ3) is 6.64. The molecule has 0 radical (unpaired) electrons. The Morgan fingerprint density at radius 2 is 0.615 bits per heavy atom. The second-order valence-electron chi connectivity index (χ2n) is 11.4. The summed E-state index contributed by atoms with van der Waals surface area (Å²) in [7, 11) is 0. The summed E-state index contributed by atoms with van der Waals surface area (Å²) in [5, 5.41) is 0. The summed E-state index contributed by atoms with van der Waals surface area (Å²) in [4.78, 5) is 0. The van der Waals surface area contributed by atoms with Crippen molar-refractivity contribution in [3.8, 4) is 23.0 Å². The van der Waals surface area contributed by atoms with Gasteiger partial charge in [-0.1, -0.05) is 18.2 Å². The van der Waals surface area contributed by atoms with Gasteiger partial charge < -0.3 is 20.9 Å². The van der Waals surface area contributed by atoms with E-state index in [1.165, 1.54) is 48.5 Å². The van der Waals surface area contributed by atoms with Crippen LogP contribution in [0.1, 0.15) is 22.3 Å². The van der Waals surface area contributed by atoms with Gasteiger partial charge in [0.25, 0.3) is 11.3 Å². The first kappa shape index (κ1) is 37.7. The molecule has 0 spiro atoms. The molecular weight excluding hydrogens is 720 g/mol. The summed E-state index contributed by atoms with van der Waals surface area (Å²) < 4.78 is 192. The van der Waals surface area contributed by atoms with E-state index in [1.54, 1.807) is 0 Å². The number of hydrogen-bond donors (Lipinski definition) is 2. The van der Waals surface area contributed by atoms with Crippen molar-refractivity contribution >= 4 is 11.4 Å². The molecule has 5 aromatic rings. The minimum absolute atomic E-state index is 0.0121. The predicted octanol–water partition coefficient (Wildman–Crippen LogP) is 11.5. The average Bonchev–Trinajstić information content (AvgIpc) is 3.09. The van der Waals surface area contributed by atoms with E-state index in [1.807, 2.05) is 0 Å². The molecule has 0 aliphatic carbocycles. The molecule has 0 aliphatic heterocycles. The number of anilines is 2. The van der Waals surface area contributed by atoms with Gasteiger partial charge in [0.1, 0.15) is 23.0 Å². The summed E-state index contributed by atoms with van der Waals surface area (Å²) in [5.74, 6) is -11.4. The van der Waals surface area contributed by atoms with Gasteiger partial charge in [-0.05, 0) is 103 Å². The zero-order valence-corrected chi connectivity index (χ0v) is 26.1. The molecule has 0 aromatic heterocycles. The fraction of sp³-hybridized carbons (Fsp3) is 0.167. The summed E-state index contributed by atoms with van der Waals surface area (Å²) in [6.07, 6.45) is -13.2. The fourth-order valence-corrected chi connectivity index (χ4v) is 5.20. The second kappa shape index (κ2) is 13.2. The van der Waals surface area contributed by atoms with Gasteiger partial charge in [0, 0.05) is 33.6 Å². The van der Waals surface area contributed by atoms with E-state index in [9.17, 15) is 26.3 Å². The third-order valence-electron chi connectivity index (χ3n) is 7.97. The molecule has 0 bridgehead atoms. The van der Waals surface area contributed by atoms with E-state index < -0.39 is 63.9 Å². The van der Waals surface area contributed by atoms with Gasteiger partial charge in [-0.15, -0.1) is 0 Å². The standard InChI is InChI=1S/C36H24F12N2O2/c37-31(35(43,44)45,33(39,40)21-4-12-27(13-5-21)51-29-16-8-25(49)9-17-29)23-2-1-3-24(20-23)32(38,36(46,47)48)34(41,42)22-6-14-28(15-7-22)52-30-18-10-26(50)11-19-30/h1-20H,49-50H2. The van der Waals surface area contributed by atoms with Crippen molar-refractivity contribution in [3.63, 3.8) is 0 Å². The molecule has 0 heterocycles. The number of halogens is 12. The average molecular weight is 745 g/mol. The molecule has 16 heteroatoms. The van der Waals surface area contributed by atoms with E-state index in [0.717, 1.165) is 24.3 Å². The minimum atomic E-state index is -6.59. The first-order valence-electron chi connectivity index (χ1n) is 14.8. The van der Waals surface area contributed by atoms with Crippen LogP contribution in [0, 0.1) is 0 Å². The highest BCUT2D eigenvalue weighted by Gasteiger charge is 2.75. The Morgan fingerprint density at radius 3 is 0.885 bits per heavy atom. The highest BCUT2D eigenvalue weighted by molar-refractivity contribution is 5.46. The Labute approximate surface area is 287 Å². The Bertz CT molecular complexity index is 1860. The van der Waals surface area contributed by atoms with Crippen LogP contribution in [-0.4, -0.2) is 12.4 Å². The largest absolute Gasteiger partial charge is 0.457 e. The van der Waals surface area contributed by atoms with Crippen LogP contribution in [-0.2, 0) is 23.2 Å². The van der Waals surface area contributed by atoms with Crippen LogP contribution in [0.4, 0.5) is 64.1 Å². The lowest BCUT2D eigenvalue weighted by atomic mass is 9.79. The molecule has 5 rings (SSSR count). The van der Waals surface area contributed by atoms with Crippen molar-refractivity contribution < 1.29 is 62.2 Å². The van der Waals surface area contributed by atoms with E-state index in [2.05, 4.69) is 0 Å². The molecule has 0 fully saturated rings. The summed E-state index contributed by atoms with van der Waals surface area (Å²) in [5.41, 5.74) is -7.74. The lowest BCUT2D eigenvalue weighted by Gasteiger charge is -2.38. The van der Waals surface area contributed by atoms with Crippen LogP contribution >= 0.6 is 0 Å². The van der Waals surface area contributed by atoms with Crippen LogP contribution in [0.25, 0.3) is 0 Å². The van der Waals surface area contributed by atoms with Crippen molar-refractivity contribution in [1.82, 2.24) is 0 Å². The first-order valence-corrected chi connectivity index (χ1v) is 14.8. The number of nitrogens with two attached hydrogens (primary N) is 2. The van der Waals surface area contributed by atoms with Gasteiger partial charge in [-0.25, -0.2) is 8.78 Å². The van der Waals surface area contributed by atoms with Crippen molar-refractivity contribution in [3.05, 3.63) is 144 Å². The zero-order chi connectivity index (χ0) is 38.3. The van der Waals surface area contributed by atoms with Crippen LogP contribution < -0.4 is 20.9 Å². The molecule has 2 unspecified atom stereocenters. The Morgan fingerprint density at radius 1 is 0.346 bits per heavy atom. The molecule has 2 atom stereocenters. The van der Waals surface area contributed by atoms with E-state index in [-0.39, 0.29) is 41.2 Å². The van der Waals surface area contributed by atoms with Crippen molar-refractivity contribution in [2.75, 3.05) is 11.5 Å².